The molecule has 2 aromatic heterocycles. The van der Waals surface area contributed by atoms with Gasteiger partial charge in [-0.2, -0.15) is 9.97 Å². The van der Waals surface area contributed by atoms with Crippen LogP contribution in [0.5, 0.6) is 6.01 Å². The monoisotopic (exact) mass is 453 g/mol. The molecule has 3 N–H and O–H groups in total. The van der Waals surface area contributed by atoms with Crippen LogP contribution in [-0.2, 0) is 17.8 Å². The Kier molecular flexibility index (Phi) is 7.27. The Hall–Kier alpha value is -2.66. The number of nitrogens with one attached hydrogen (secondary N) is 3. The fraction of sp³-hybridized carbons (Fsp3) is 0.500. The molecule has 10 nitrogen and oxygen atoms in total. The number of anilines is 2. The van der Waals surface area contributed by atoms with Gasteiger partial charge in [-0.15, -0.1) is 0 Å². The van der Waals surface area contributed by atoms with E-state index in [2.05, 4.69) is 35.8 Å². The quantitative estimate of drug-likeness (QED) is 0.549. The van der Waals surface area contributed by atoms with Gasteiger partial charge in [0.25, 0.3) is 0 Å². The fourth-order valence-electron chi connectivity index (χ4n) is 2.91. The number of thiazole rings is 1. The van der Waals surface area contributed by atoms with Crippen LogP contribution in [0.1, 0.15) is 30.8 Å². The molecule has 0 fully saturated rings. The number of nitrogens with zero attached hydrogens (tertiary/aromatic N) is 4. The van der Waals surface area contributed by atoms with Crippen LogP contribution in [0.15, 0.2) is 6.07 Å². The summed E-state index contributed by atoms with van der Waals surface area (Å²) in [6.07, 6.45) is 0.939. The summed E-state index contributed by atoms with van der Waals surface area (Å²) in [6.45, 7) is 5.34. The zero-order chi connectivity index (χ0) is 21.7. The zero-order valence-electron chi connectivity index (χ0n) is 17.0. The minimum absolute atomic E-state index is 0.0759. The number of ether oxygens (including phenoxy) is 1. The SMILES string of the molecule is COc1nc(Cl)cc(N2CCc3nc(NC(=O)NCCC(=O)NC(C)C)sc3C2)n1. The highest BCUT2D eigenvalue weighted by Gasteiger charge is 2.23. The van der Waals surface area contributed by atoms with Gasteiger partial charge >= 0.3 is 12.0 Å². The molecule has 0 bridgehead atoms. The van der Waals surface area contributed by atoms with Crippen molar-refractivity contribution in [3.63, 3.8) is 0 Å². The normalized spacial score (nSPS) is 13.0. The molecular formula is C18H24ClN7O3S. The number of rotatable bonds is 7. The first kappa shape index (κ1) is 22.0. The maximum Gasteiger partial charge on any atom is 0.321 e. The lowest BCUT2D eigenvalue weighted by Crippen LogP contribution is -2.35. The number of fused-ring (bicyclic) bond motifs is 1. The zero-order valence-corrected chi connectivity index (χ0v) is 18.6. The number of hydrogen-bond donors (Lipinski definition) is 3. The van der Waals surface area contributed by atoms with Crippen LogP contribution in [0, 0.1) is 0 Å². The summed E-state index contributed by atoms with van der Waals surface area (Å²) in [5.74, 6) is 0.578. The average Bonchev–Trinajstić information content (AvgIpc) is 3.08. The van der Waals surface area contributed by atoms with Gasteiger partial charge in [-0.3, -0.25) is 10.1 Å². The van der Waals surface area contributed by atoms with E-state index < -0.39 is 0 Å². The summed E-state index contributed by atoms with van der Waals surface area (Å²) in [5.41, 5.74) is 0.954. The number of methoxy groups -OCH3 is 1. The molecule has 0 spiro atoms. The Balaban J connectivity index is 1.55. The highest BCUT2D eigenvalue weighted by molar-refractivity contribution is 7.15. The number of halogens is 1. The molecule has 0 atom stereocenters. The van der Waals surface area contributed by atoms with Gasteiger partial charge in [0.2, 0.25) is 5.91 Å². The van der Waals surface area contributed by atoms with Gasteiger partial charge in [0.05, 0.1) is 19.3 Å². The first-order chi connectivity index (χ1) is 14.3. The minimum atomic E-state index is -0.386. The first-order valence-electron chi connectivity index (χ1n) is 9.50. The van der Waals surface area contributed by atoms with Crippen LogP contribution in [0.4, 0.5) is 15.7 Å². The van der Waals surface area contributed by atoms with Crippen molar-refractivity contribution in [3.05, 3.63) is 21.8 Å². The molecular weight excluding hydrogens is 430 g/mol. The van der Waals surface area contributed by atoms with Gasteiger partial charge in [0.15, 0.2) is 5.13 Å². The van der Waals surface area contributed by atoms with Gasteiger partial charge in [0.1, 0.15) is 11.0 Å². The van der Waals surface area contributed by atoms with Gasteiger partial charge < -0.3 is 20.3 Å². The molecule has 3 rings (SSSR count). The molecule has 1 aliphatic rings. The van der Waals surface area contributed by atoms with E-state index in [1.165, 1.54) is 18.4 Å². The number of carbonyl (C=O) groups is 2. The van der Waals surface area contributed by atoms with E-state index in [1.54, 1.807) is 6.07 Å². The van der Waals surface area contributed by atoms with E-state index in [4.69, 9.17) is 16.3 Å². The van der Waals surface area contributed by atoms with Crippen molar-refractivity contribution in [1.29, 1.82) is 0 Å². The summed E-state index contributed by atoms with van der Waals surface area (Å²) < 4.78 is 5.09. The minimum Gasteiger partial charge on any atom is -0.467 e. The smallest absolute Gasteiger partial charge is 0.321 e. The molecule has 0 saturated carbocycles. The Morgan fingerprint density at radius 3 is 2.87 bits per heavy atom. The van der Waals surface area contributed by atoms with Crippen LogP contribution in [-0.4, -0.2) is 53.1 Å². The molecule has 3 amide bonds. The second kappa shape index (κ2) is 9.90. The summed E-state index contributed by atoms with van der Waals surface area (Å²) >= 11 is 7.46. The lowest BCUT2D eigenvalue weighted by molar-refractivity contribution is -0.121. The van der Waals surface area contributed by atoms with Crippen molar-refractivity contribution in [3.8, 4) is 6.01 Å². The summed E-state index contributed by atoms with van der Waals surface area (Å²) in [6, 6.07) is 1.60. The van der Waals surface area contributed by atoms with Crippen molar-refractivity contribution < 1.29 is 14.3 Å². The molecule has 0 radical (unpaired) electrons. The molecule has 0 aromatic carbocycles. The number of carbonyl (C=O) groups excluding carboxylic acids is 2. The van der Waals surface area contributed by atoms with E-state index in [1.807, 2.05) is 13.8 Å². The largest absolute Gasteiger partial charge is 0.467 e. The summed E-state index contributed by atoms with van der Waals surface area (Å²) in [5, 5.41) is 9.01. The Morgan fingerprint density at radius 1 is 1.33 bits per heavy atom. The molecule has 0 unspecified atom stereocenters. The number of hydrogen-bond acceptors (Lipinski definition) is 8. The third-order valence-electron chi connectivity index (χ3n) is 4.21. The maximum atomic E-state index is 12.1. The van der Waals surface area contributed by atoms with Gasteiger partial charge in [-0.25, -0.2) is 9.78 Å². The van der Waals surface area contributed by atoms with Crippen LogP contribution >= 0.6 is 22.9 Å². The molecule has 0 saturated heterocycles. The molecule has 0 aliphatic carbocycles. The lowest BCUT2D eigenvalue weighted by Gasteiger charge is -2.27. The van der Waals surface area contributed by atoms with Crippen molar-refractivity contribution in [1.82, 2.24) is 25.6 Å². The van der Waals surface area contributed by atoms with Crippen LogP contribution in [0.25, 0.3) is 0 Å². The highest BCUT2D eigenvalue weighted by atomic mass is 35.5. The van der Waals surface area contributed by atoms with Crippen molar-refractivity contribution >= 4 is 45.8 Å². The standard InChI is InChI=1S/C18H24ClN7O3S/c1-10(2)21-15(27)4-6-20-16(28)25-18-22-11-5-7-26(9-12(11)30-18)14-8-13(19)23-17(24-14)29-3/h8,10H,4-7,9H2,1-3H3,(H,21,27)(H2,20,22,25,28). The molecule has 1 aliphatic heterocycles. The number of amides is 3. The molecule has 30 heavy (non-hydrogen) atoms. The van der Waals surface area contributed by atoms with Crippen molar-refractivity contribution in [2.45, 2.75) is 39.3 Å². The van der Waals surface area contributed by atoms with Crippen LogP contribution < -0.4 is 25.6 Å². The van der Waals surface area contributed by atoms with Gasteiger partial charge in [-0.05, 0) is 13.8 Å². The van der Waals surface area contributed by atoms with Crippen LogP contribution in [0.3, 0.4) is 0 Å². The van der Waals surface area contributed by atoms with Crippen molar-refractivity contribution in [2.75, 3.05) is 30.4 Å². The topological polar surface area (TPSA) is 121 Å². The average molecular weight is 454 g/mol. The van der Waals surface area contributed by atoms with Crippen LogP contribution in [0.2, 0.25) is 5.15 Å². The predicted molar refractivity (Wildman–Crippen MR) is 115 cm³/mol. The van der Waals surface area contributed by atoms with E-state index >= 15 is 0 Å². The summed E-state index contributed by atoms with van der Waals surface area (Å²) in [7, 11) is 1.49. The Bertz CT molecular complexity index is 921. The van der Waals surface area contributed by atoms with Crippen molar-refractivity contribution in [2.24, 2.45) is 0 Å². The predicted octanol–water partition coefficient (Wildman–Crippen LogP) is 2.19. The van der Waals surface area contributed by atoms with Gasteiger partial charge in [0, 0.05) is 42.9 Å². The molecule has 162 valence electrons. The van der Waals surface area contributed by atoms with E-state index in [0.29, 0.717) is 35.6 Å². The summed E-state index contributed by atoms with van der Waals surface area (Å²) in [4.78, 5) is 39.7. The fourth-order valence-corrected chi connectivity index (χ4v) is 4.10. The lowest BCUT2D eigenvalue weighted by atomic mass is 10.2. The maximum absolute atomic E-state index is 12.1. The first-order valence-corrected chi connectivity index (χ1v) is 10.7. The molecule has 2 aromatic rings. The highest BCUT2D eigenvalue weighted by Crippen LogP contribution is 2.31. The number of urea groups is 1. The Morgan fingerprint density at radius 2 is 2.13 bits per heavy atom. The van der Waals surface area contributed by atoms with E-state index in [9.17, 15) is 9.59 Å². The third-order valence-corrected chi connectivity index (χ3v) is 5.40. The molecule has 3 heterocycles. The van der Waals surface area contributed by atoms with E-state index in [0.717, 1.165) is 10.6 Å². The molecule has 12 heteroatoms. The van der Waals surface area contributed by atoms with Gasteiger partial charge in [-0.1, -0.05) is 22.9 Å². The number of aromatic nitrogens is 3. The van der Waals surface area contributed by atoms with E-state index in [-0.39, 0.29) is 37.0 Å². The second-order valence-electron chi connectivity index (χ2n) is 6.95. The second-order valence-corrected chi connectivity index (χ2v) is 8.42. The Labute approximate surface area is 183 Å². The third kappa shape index (κ3) is 5.92.